The molecular formula is C25H34N4O. The maximum atomic E-state index is 13.4. The van der Waals surface area contributed by atoms with Gasteiger partial charge in [0.05, 0.1) is 5.69 Å². The minimum atomic E-state index is -0.566. The van der Waals surface area contributed by atoms with Crippen LogP contribution in [0, 0.1) is 0 Å². The number of carbonyl (C=O) groups is 1. The molecule has 1 atom stereocenters. The van der Waals surface area contributed by atoms with Crippen molar-refractivity contribution in [1.29, 1.82) is 0 Å². The van der Waals surface area contributed by atoms with Gasteiger partial charge in [-0.1, -0.05) is 24.3 Å². The quantitative estimate of drug-likeness (QED) is 0.759. The number of benzene rings is 1. The minimum absolute atomic E-state index is 0.162. The molecule has 2 fully saturated rings. The third-order valence-corrected chi connectivity index (χ3v) is 6.62. The highest BCUT2D eigenvalue weighted by Gasteiger charge is 2.45. The van der Waals surface area contributed by atoms with Crippen molar-refractivity contribution in [1.82, 2.24) is 14.8 Å². The monoisotopic (exact) mass is 406 g/mol. The molecular weight excluding hydrogens is 372 g/mol. The third kappa shape index (κ3) is 4.22. The number of pyridine rings is 1. The highest BCUT2D eigenvalue weighted by Crippen LogP contribution is 2.36. The number of carbonyl (C=O) groups excluding carboxylic acids is 1. The highest BCUT2D eigenvalue weighted by molar-refractivity contribution is 5.88. The average Bonchev–Trinajstić information content (AvgIpc) is 2.80. The van der Waals surface area contributed by atoms with Gasteiger partial charge in [-0.25, -0.2) is 0 Å². The van der Waals surface area contributed by atoms with Crippen LogP contribution in [0.15, 0.2) is 48.7 Å². The van der Waals surface area contributed by atoms with Crippen molar-refractivity contribution in [2.24, 2.45) is 0 Å². The number of aromatic nitrogens is 1. The fourth-order valence-electron chi connectivity index (χ4n) is 5.18. The molecule has 4 rings (SSSR count). The molecule has 30 heavy (non-hydrogen) atoms. The maximum absolute atomic E-state index is 13.4. The lowest BCUT2D eigenvalue weighted by Crippen LogP contribution is -2.54. The lowest BCUT2D eigenvalue weighted by molar-refractivity contribution is -0.137. The highest BCUT2D eigenvalue weighted by atomic mass is 16.2. The van der Waals surface area contributed by atoms with E-state index < -0.39 is 5.41 Å². The summed E-state index contributed by atoms with van der Waals surface area (Å²) in [6, 6.07) is 14.8. The van der Waals surface area contributed by atoms with Crippen LogP contribution in [0.2, 0.25) is 0 Å². The number of nitrogens with zero attached hydrogens (tertiary/aromatic N) is 4. The van der Waals surface area contributed by atoms with E-state index in [2.05, 4.69) is 39.0 Å². The Bertz CT molecular complexity index is 847. The van der Waals surface area contributed by atoms with Gasteiger partial charge in [0.25, 0.3) is 0 Å². The van der Waals surface area contributed by atoms with Crippen LogP contribution in [0.5, 0.6) is 0 Å². The van der Waals surface area contributed by atoms with E-state index in [-0.39, 0.29) is 5.91 Å². The van der Waals surface area contributed by atoms with Crippen molar-refractivity contribution in [3.05, 3.63) is 59.9 Å². The van der Waals surface area contributed by atoms with E-state index in [1.165, 1.54) is 30.5 Å². The maximum Gasteiger partial charge on any atom is 0.235 e. The summed E-state index contributed by atoms with van der Waals surface area (Å²) in [4.78, 5) is 24.7. The number of anilines is 1. The Hall–Kier alpha value is -2.40. The molecule has 0 radical (unpaired) electrons. The number of para-hydroxylation sites is 1. The van der Waals surface area contributed by atoms with Gasteiger partial charge in [-0.05, 0) is 62.4 Å². The van der Waals surface area contributed by atoms with Gasteiger partial charge in [0.1, 0.15) is 5.41 Å². The Morgan fingerprint density at radius 3 is 2.50 bits per heavy atom. The fraction of sp³-hybridized carbons (Fsp3) is 0.520. The van der Waals surface area contributed by atoms with Crippen molar-refractivity contribution < 1.29 is 4.79 Å². The first-order chi connectivity index (χ1) is 14.6. The van der Waals surface area contributed by atoms with Crippen LogP contribution < -0.4 is 4.90 Å². The number of piperidine rings is 2. The van der Waals surface area contributed by atoms with E-state index in [4.69, 9.17) is 0 Å². The van der Waals surface area contributed by atoms with E-state index in [9.17, 15) is 4.79 Å². The van der Waals surface area contributed by atoms with Gasteiger partial charge in [0, 0.05) is 52.2 Å². The summed E-state index contributed by atoms with van der Waals surface area (Å²) in [7, 11) is 3.72. The molecule has 0 N–H and O–H groups in total. The van der Waals surface area contributed by atoms with Crippen LogP contribution in [-0.4, -0.2) is 61.0 Å². The molecule has 3 heterocycles. The van der Waals surface area contributed by atoms with Crippen LogP contribution in [0.3, 0.4) is 0 Å². The third-order valence-electron chi connectivity index (χ3n) is 6.62. The molecule has 2 aliphatic rings. The van der Waals surface area contributed by atoms with Gasteiger partial charge in [-0.3, -0.25) is 14.7 Å². The Morgan fingerprint density at radius 1 is 1.00 bits per heavy atom. The predicted octanol–water partition coefficient (Wildman–Crippen LogP) is 3.69. The fourth-order valence-corrected chi connectivity index (χ4v) is 5.18. The number of hydrogen-bond donors (Lipinski definition) is 0. The smallest absolute Gasteiger partial charge is 0.235 e. The normalized spacial score (nSPS) is 22.7. The van der Waals surface area contributed by atoms with Crippen molar-refractivity contribution in [3.8, 4) is 0 Å². The summed E-state index contributed by atoms with van der Waals surface area (Å²) in [5.41, 5.74) is 3.07. The van der Waals surface area contributed by atoms with E-state index in [1.54, 1.807) is 4.90 Å². The Morgan fingerprint density at radius 2 is 1.77 bits per heavy atom. The minimum Gasteiger partial charge on any atom is -0.371 e. The zero-order valence-electron chi connectivity index (χ0n) is 18.4. The number of rotatable bonds is 5. The summed E-state index contributed by atoms with van der Waals surface area (Å²) >= 11 is 0. The lowest BCUT2D eigenvalue weighted by Gasteiger charge is -2.43. The van der Waals surface area contributed by atoms with Crippen molar-refractivity contribution in [3.63, 3.8) is 0 Å². The molecule has 2 saturated heterocycles. The molecule has 0 unspecified atom stereocenters. The zero-order valence-corrected chi connectivity index (χ0v) is 18.4. The van der Waals surface area contributed by atoms with Crippen LogP contribution in [0.4, 0.5) is 5.69 Å². The molecule has 0 bridgehead atoms. The van der Waals surface area contributed by atoms with E-state index in [1.807, 2.05) is 38.5 Å². The summed E-state index contributed by atoms with van der Waals surface area (Å²) in [6.07, 6.45) is 7.55. The van der Waals surface area contributed by atoms with Gasteiger partial charge in [-0.15, -0.1) is 0 Å². The second kappa shape index (κ2) is 9.17. The predicted molar refractivity (Wildman–Crippen MR) is 122 cm³/mol. The van der Waals surface area contributed by atoms with Gasteiger partial charge in [-0.2, -0.15) is 0 Å². The van der Waals surface area contributed by atoms with Gasteiger partial charge < -0.3 is 9.80 Å². The number of likely N-dealkylation sites (N-methyl/N-ethyl adjacent to an activating group) is 1. The SMILES string of the molecule is CN(C)C(=O)[C@]1(c2ccccn2)CCCN(Cc2ccccc2N2CCCCC2)C1. The summed E-state index contributed by atoms with van der Waals surface area (Å²) in [5, 5.41) is 0. The van der Waals surface area contributed by atoms with Crippen molar-refractivity contribution in [2.45, 2.75) is 44.1 Å². The second-order valence-corrected chi connectivity index (χ2v) is 8.99. The van der Waals surface area contributed by atoms with Gasteiger partial charge >= 0.3 is 0 Å². The van der Waals surface area contributed by atoms with Crippen molar-refractivity contribution >= 4 is 11.6 Å². The summed E-state index contributed by atoms with van der Waals surface area (Å²) in [6.45, 7) is 4.91. The Labute approximate surface area is 180 Å². The van der Waals surface area contributed by atoms with Crippen LogP contribution in [0.1, 0.15) is 43.4 Å². The molecule has 2 aromatic rings. The molecule has 5 nitrogen and oxygen atoms in total. The molecule has 0 aliphatic carbocycles. The lowest BCUT2D eigenvalue weighted by atomic mass is 9.75. The molecule has 1 amide bonds. The number of likely N-dealkylation sites (tertiary alicyclic amines) is 1. The topological polar surface area (TPSA) is 39.7 Å². The zero-order chi connectivity index (χ0) is 21.0. The van der Waals surface area contributed by atoms with E-state index in [0.29, 0.717) is 0 Å². The first-order valence-corrected chi connectivity index (χ1v) is 11.3. The standard InChI is InChI=1S/C25H34N4O/c1-27(2)24(30)25(23-13-6-7-15-26-23)14-10-16-28(20-25)19-21-11-4-5-12-22(21)29-17-8-3-9-18-29/h4-7,11-13,15H,3,8-10,14,16-20H2,1-2H3/t25-/m1/s1. The van der Waals surface area contributed by atoms with E-state index >= 15 is 0 Å². The van der Waals surface area contributed by atoms with Gasteiger partial charge in [0.2, 0.25) is 5.91 Å². The second-order valence-electron chi connectivity index (χ2n) is 8.99. The molecule has 160 valence electrons. The van der Waals surface area contributed by atoms with Crippen LogP contribution in [-0.2, 0) is 16.8 Å². The Kier molecular flexibility index (Phi) is 6.38. The molecule has 2 aliphatic heterocycles. The first kappa shape index (κ1) is 20.9. The average molecular weight is 407 g/mol. The van der Waals surface area contributed by atoms with Crippen LogP contribution in [0.25, 0.3) is 0 Å². The van der Waals surface area contributed by atoms with Crippen molar-refractivity contribution in [2.75, 3.05) is 45.2 Å². The van der Waals surface area contributed by atoms with Crippen LogP contribution >= 0.6 is 0 Å². The number of hydrogen-bond acceptors (Lipinski definition) is 4. The molecule has 0 spiro atoms. The largest absolute Gasteiger partial charge is 0.371 e. The Balaban J connectivity index is 1.60. The number of amides is 1. The molecule has 1 aromatic heterocycles. The van der Waals surface area contributed by atoms with Gasteiger partial charge in [0.15, 0.2) is 0 Å². The molecule has 0 saturated carbocycles. The summed E-state index contributed by atoms with van der Waals surface area (Å²) < 4.78 is 0. The molecule has 1 aromatic carbocycles. The summed E-state index contributed by atoms with van der Waals surface area (Å²) in [5.74, 6) is 0.162. The van der Waals surface area contributed by atoms with E-state index in [0.717, 1.165) is 51.3 Å². The first-order valence-electron chi connectivity index (χ1n) is 11.3. The molecule has 5 heteroatoms.